The van der Waals surface area contributed by atoms with E-state index < -0.39 is 9.84 Å². The van der Waals surface area contributed by atoms with Crippen molar-refractivity contribution < 1.29 is 8.42 Å². The van der Waals surface area contributed by atoms with Crippen molar-refractivity contribution in [1.29, 1.82) is 0 Å². The van der Waals surface area contributed by atoms with Gasteiger partial charge in [0, 0.05) is 0 Å². The molecule has 1 saturated carbocycles. The number of rotatable bonds is 5. The molecule has 3 atom stereocenters. The molecule has 3 nitrogen and oxygen atoms in total. The van der Waals surface area contributed by atoms with Crippen LogP contribution < -0.4 is 5.73 Å². The van der Waals surface area contributed by atoms with Gasteiger partial charge < -0.3 is 5.73 Å². The fourth-order valence-electron chi connectivity index (χ4n) is 2.55. The third kappa shape index (κ3) is 3.45. The third-order valence-corrected chi connectivity index (χ3v) is 6.39. The van der Waals surface area contributed by atoms with Crippen molar-refractivity contribution in [2.45, 2.75) is 51.2 Å². The Kier molecular flexibility index (Phi) is 5.25. The minimum Gasteiger partial charge on any atom is -0.330 e. The molecule has 0 saturated heterocycles. The Balaban J connectivity index is 2.72. The van der Waals surface area contributed by atoms with E-state index in [1.165, 1.54) is 0 Å². The molecule has 1 aliphatic carbocycles. The van der Waals surface area contributed by atoms with Gasteiger partial charge in [-0.15, -0.1) is 0 Å². The normalized spacial score (nSPS) is 28.9. The van der Waals surface area contributed by atoms with Crippen LogP contribution in [0.25, 0.3) is 0 Å². The Bertz CT molecular complexity index is 300. The molecule has 2 N–H and O–H groups in total. The Hall–Kier alpha value is -0.0900. The van der Waals surface area contributed by atoms with Crippen molar-refractivity contribution >= 4 is 9.84 Å². The van der Waals surface area contributed by atoms with Gasteiger partial charge in [0.15, 0.2) is 9.84 Å². The van der Waals surface area contributed by atoms with Crippen LogP contribution in [0.5, 0.6) is 0 Å². The maximum Gasteiger partial charge on any atom is 0.153 e. The second-order valence-corrected chi connectivity index (χ2v) is 7.43. The van der Waals surface area contributed by atoms with Crippen LogP contribution in [0, 0.1) is 11.8 Å². The maximum absolute atomic E-state index is 12.3. The predicted octanol–water partition coefficient (Wildman–Crippen LogP) is 1.96. The molecule has 96 valence electrons. The lowest BCUT2D eigenvalue weighted by Gasteiger charge is -2.31. The highest BCUT2D eigenvalue weighted by Crippen LogP contribution is 2.30. The summed E-state index contributed by atoms with van der Waals surface area (Å²) in [5.74, 6) is 0.804. The summed E-state index contributed by atoms with van der Waals surface area (Å²) >= 11 is 0. The Morgan fingerprint density at radius 3 is 2.50 bits per heavy atom. The summed E-state index contributed by atoms with van der Waals surface area (Å²) in [6, 6.07) is 0. The molecule has 0 aromatic carbocycles. The molecule has 3 unspecified atom stereocenters. The minimum atomic E-state index is -2.94. The van der Waals surface area contributed by atoms with E-state index in [0.717, 1.165) is 32.1 Å². The molecular weight excluding hydrogens is 222 g/mol. The molecule has 1 rings (SSSR count). The lowest BCUT2D eigenvalue weighted by atomic mass is 9.89. The Morgan fingerprint density at radius 2 is 1.94 bits per heavy atom. The van der Waals surface area contributed by atoms with Gasteiger partial charge in [-0.2, -0.15) is 0 Å². The van der Waals surface area contributed by atoms with Crippen molar-refractivity contribution in [2.24, 2.45) is 17.6 Å². The number of nitrogens with two attached hydrogens (primary N) is 1. The van der Waals surface area contributed by atoms with Crippen LogP contribution in [-0.4, -0.2) is 26.0 Å². The van der Waals surface area contributed by atoms with Gasteiger partial charge in [-0.3, -0.25) is 0 Å². The zero-order chi connectivity index (χ0) is 12.2. The van der Waals surface area contributed by atoms with E-state index in [9.17, 15) is 8.42 Å². The SMILES string of the molecule is CCC(C)CS(=O)(=O)C1CCCCC1CN. The van der Waals surface area contributed by atoms with Crippen LogP contribution in [0.1, 0.15) is 46.0 Å². The quantitative estimate of drug-likeness (QED) is 0.808. The summed E-state index contributed by atoms with van der Waals surface area (Å²) in [7, 11) is -2.94. The molecule has 4 heteroatoms. The smallest absolute Gasteiger partial charge is 0.153 e. The molecule has 0 aromatic heterocycles. The number of sulfone groups is 1. The van der Waals surface area contributed by atoms with E-state index in [1.807, 2.05) is 13.8 Å². The lowest BCUT2D eigenvalue weighted by molar-refractivity contribution is 0.362. The number of hydrogen-bond donors (Lipinski definition) is 1. The van der Waals surface area contributed by atoms with Crippen LogP contribution in [-0.2, 0) is 9.84 Å². The first-order chi connectivity index (χ1) is 7.51. The average molecular weight is 247 g/mol. The molecule has 0 aromatic rings. The first-order valence-electron chi connectivity index (χ1n) is 6.42. The second-order valence-electron chi connectivity index (χ2n) is 5.16. The van der Waals surface area contributed by atoms with Gasteiger partial charge in [0.05, 0.1) is 11.0 Å². The summed E-state index contributed by atoms with van der Waals surface area (Å²) in [4.78, 5) is 0. The molecule has 0 aliphatic heterocycles. The largest absolute Gasteiger partial charge is 0.330 e. The van der Waals surface area contributed by atoms with Gasteiger partial charge in [0.2, 0.25) is 0 Å². The summed E-state index contributed by atoms with van der Waals surface area (Å²) in [5, 5.41) is -0.166. The predicted molar refractivity (Wildman–Crippen MR) is 68.0 cm³/mol. The van der Waals surface area contributed by atoms with Crippen LogP contribution >= 0.6 is 0 Å². The molecule has 0 spiro atoms. The van der Waals surface area contributed by atoms with Gasteiger partial charge >= 0.3 is 0 Å². The zero-order valence-electron chi connectivity index (χ0n) is 10.5. The lowest BCUT2D eigenvalue weighted by Crippen LogP contribution is -2.39. The summed E-state index contributed by atoms with van der Waals surface area (Å²) < 4.78 is 24.5. The molecule has 0 amide bonds. The molecule has 0 bridgehead atoms. The van der Waals surface area contributed by atoms with E-state index in [2.05, 4.69) is 0 Å². The van der Waals surface area contributed by atoms with Crippen molar-refractivity contribution in [1.82, 2.24) is 0 Å². The zero-order valence-corrected chi connectivity index (χ0v) is 11.3. The highest BCUT2D eigenvalue weighted by atomic mass is 32.2. The standard InChI is InChI=1S/C12H25NO2S/c1-3-10(2)9-16(14,15)12-7-5-4-6-11(12)8-13/h10-12H,3-9,13H2,1-2H3. The van der Waals surface area contributed by atoms with Crippen molar-refractivity contribution in [3.05, 3.63) is 0 Å². The first-order valence-corrected chi connectivity index (χ1v) is 8.14. The Morgan fingerprint density at radius 1 is 1.31 bits per heavy atom. The van der Waals surface area contributed by atoms with Gasteiger partial charge in [0.25, 0.3) is 0 Å². The van der Waals surface area contributed by atoms with Gasteiger partial charge in [-0.1, -0.05) is 33.1 Å². The first kappa shape index (κ1) is 14.0. The summed E-state index contributed by atoms with van der Waals surface area (Å²) in [6.45, 7) is 4.57. The molecule has 1 fully saturated rings. The van der Waals surface area contributed by atoms with Crippen LogP contribution in [0.15, 0.2) is 0 Å². The Labute approximate surface area is 99.7 Å². The van der Waals surface area contributed by atoms with Gasteiger partial charge in [0.1, 0.15) is 0 Å². The van der Waals surface area contributed by atoms with Crippen molar-refractivity contribution in [2.75, 3.05) is 12.3 Å². The van der Waals surface area contributed by atoms with Crippen LogP contribution in [0.3, 0.4) is 0 Å². The fraction of sp³-hybridized carbons (Fsp3) is 1.00. The fourth-order valence-corrected chi connectivity index (χ4v) is 5.19. The second kappa shape index (κ2) is 6.01. The number of hydrogen-bond acceptors (Lipinski definition) is 3. The highest BCUT2D eigenvalue weighted by molar-refractivity contribution is 7.92. The van der Waals surface area contributed by atoms with E-state index in [1.54, 1.807) is 0 Å². The molecule has 16 heavy (non-hydrogen) atoms. The van der Waals surface area contributed by atoms with E-state index in [4.69, 9.17) is 5.73 Å². The van der Waals surface area contributed by atoms with Crippen LogP contribution in [0.2, 0.25) is 0 Å². The van der Waals surface area contributed by atoms with E-state index in [-0.39, 0.29) is 17.1 Å². The molecular formula is C12H25NO2S. The van der Waals surface area contributed by atoms with Crippen LogP contribution in [0.4, 0.5) is 0 Å². The third-order valence-electron chi connectivity index (χ3n) is 3.82. The van der Waals surface area contributed by atoms with Crippen molar-refractivity contribution in [3.63, 3.8) is 0 Å². The van der Waals surface area contributed by atoms with Crippen molar-refractivity contribution in [3.8, 4) is 0 Å². The monoisotopic (exact) mass is 247 g/mol. The van der Waals surface area contributed by atoms with Gasteiger partial charge in [-0.05, 0) is 31.2 Å². The molecule has 0 radical (unpaired) electrons. The topological polar surface area (TPSA) is 60.2 Å². The van der Waals surface area contributed by atoms with E-state index >= 15 is 0 Å². The highest BCUT2D eigenvalue weighted by Gasteiger charge is 2.34. The summed E-state index contributed by atoms with van der Waals surface area (Å²) in [6.07, 6.45) is 4.92. The van der Waals surface area contributed by atoms with E-state index in [0.29, 0.717) is 12.3 Å². The average Bonchev–Trinajstić information content (AvgIpc) is 2.28. The molecule has 1 aliphatic rings. The maximum atomic E-state index is 12.3. The minimum absolute atomic E-state index is 0.166. The molecule has 0 heterocycles. The summed E-state index contributed by atoms with van der Waals surface area (Å²) in [5.41, 5.74) is 5.69. The van der Waals surface area contributed by atoms with Gasteiger partial charge in [-0.25, -0.2) is 8.42 Å².